The second-order valence-corrected chi connectivity index (χ2v) is 12.7. The van der Waals surface area contributed by atoms with E-state index < -0.39 is 29.6 Å². The van der Waals surface area contributed by atoms with E-state index in [2.05, 4.69) is 38.9 Å². The van der Waals surface area contributed by atoms with Gasteiger partial charge in [-0.2, -0.15) is 13.2 Å². The van der Waals surface area contributed by atoms with Crippen LogP contribution in [0.2, 0.25) is 0 Å². The number of nitrogens with two attached hydrogens (primary N) is 1. The fourth-order valence-electron chi connectivity index (χ4n) is 6.48. The number of carboxylic acid groups (broad SMARTS) is 1. The molecule has 0 unspecified atom stereocenters. The Morgan fingerprint density at radius 3 is 2.40 bits per heavy atom. The van der Waals surface area contributed by atoms with Gasteiger partial charge in [0.25, 0.3) is 11.8 Å². The lowest BCUT2D eigenvalue weighted by Gasteiger charge is -2.34. The lowest BCUT2D eigenvalue weighted by Crippen LogP contribution is -2.45. The SMILES string of the molecule is CCN1CCN(Cc2ccc(NC(=O)c3ccc(C)c(C#Cc4cnc(N)nc4-c4cc5c(n4C)CCN(C(=O)O)C5=O)c3)cc2C(F)(F)F)CC1. The molecule has 1 saturated heterocycles. The van der Waals surface area contributed by atoms with Crippen LogP contribution in [0.1, 0.15) is 61.2 Å². The van der Waals surface area contributed by atoms with Gasteiger partial charge in [-0.3, -0.25) is 14.5 Å². The maximum Gasteiger partial charge on any atom is 0.416 e. The van der Waals surface area contributed by atoms with Gasteiger partial charge in [-0.15, -0.1) is 0 Å². The topological polar surface area (TPSA) is 150 Å². The van der Waals surface area contributed by atoms with Crippen molar-refractivity contribution in [1.29, 1.82) is 0 Å². The number of carbonyl (C=O) groups excluding carboxylic acids is 2. The average Bonchev–Trinajstić information content (AvgIpc) is 3.45. The number of hydrogen-bond donors (Lipinski definition) is 3. The lowest BCUT2D eigenvalue weighted by atomic mass is 10.0. The standard InChI is InChI=1S/C37H37F3N8O4/c1-4-46-13-15-47(16-14-46)21-26-9-10-27(18-29(26)37(38,39)40)43-33(49)24-6-5-22(2)23(17-24)7-8-25-20-42-35(41)44-32(25)31-19-28-30(45(31)3)11-12-48(34(28)50)36(51)52/h5-6,9-10,17-20H,4,11-16,21H2,1-3H3,(H,43,49)(H,51,52)(H2,41,42,44). The number of piperazine rings is 1. The Hall–Kier alpha value is -5.72. The van der Waals surface area contributed by atoms with E-state index in [0.717, 1.165) is 36.2 Å². The molecular weight excluding hydrogens is 677 g/mol. The largest absolute Gasteiger partial charge is 0.465 e. The maximum absolute atomic E-state index is 14.2. The summed E-state index contributed by atoms with van der Waals surface area (Å²) in [5.74, 6) is 4.79. The maximum atomic E-state index is 14.2. The zero-order valence-corrected chi connectivity index (χ0v) is 28.8. The van der Waals surface area contributed by atoms with Crippen molar-refractivity contribution in [2.75, 3.05) is 50.3 Å². The van der Waals surface area contributed by atoms with Crippen LogP contribution in [0.15, 0.2) is 48.7 Å². The van der Waals surface area contributed by atoms with Crippen LogP contribution in [0.5, 0.6) is 0 Å². The summed E-state index contributed by atoms with van der Waals surface area (Å²) < 4.78 is 44.3. The van der Waals surface area contributed by atoms with E-state index in [4.69, 9.17) is 5.73 Å². The Morgan fingerprint density at radius 1 is 1.00 bits per heavy atom. The van der Waals surface area contributed by atoms with Crippen molar-refractivity contribution in [2.45, 2.75) is 33.0 Å². The molecule has 0 radical (unpaired) electrons. The van der Waals surface area contributed by atoms with Crippen molar-refractivity contribution in [3.8, 4) is 23.2 Å². The molecule has 0 atom stereocenters. The van der Waals surface area contributed by atoms with Gasteiger partial charge in [0.05, 0.1) is 22.4 Å². The third-order valence-corrected chi connectivity index (χ3v) is 9.50. The first-order valence-electron chi connectivity index (χ1n) is 16.7. The Balaban J connectivity index is 1.24. The summed E-state index contributed by atoms with van der Waals surface area (Å²) in [6.07, 6.45) is -4.19. The second kappa shape index (κ2) is 14.5. The first-order chi connectivity index (χ1) is 24.7. The number of halogens is 3. The molecule has 4 N–H and O–H groups in total. The van der Waals surface area contributed by atoms with Crippen molar-refractivity contribution in [3.05, 3.63) is 93.3 Å². The molecule has 0 spiro atoms. The van der Waals surface area contributed by atoms with Crippen LogP contribution < -0.4 is 11.1 Å². The van der Waals surface area contributed by atoms with E-state index in [9.17, 15) is 32.7 Å². The highest BCUT2D eigenvalue weighted by Gasteiger charge is 2.35. The van der Waals surface area contributed by atoms with Crippen LogP contribution >= 0.6 is 0 Å². The molecule has 15 heteroatoms. The molecule has 2 aromatic heterocycles. The quantitative estimate of drug-likeness (QED) is 0.238. The molecule has 1 fully saturated rings. The van der Waals surface area contributed by atoms with Gasteiger partial charge in [0, 0.05) is 81.4 Å². The molecule has 0 aliphatic carbocycles. The van der Waals surface area contributed by atoms with Gasteiger partial charge < -0.3 is 25.6 Å². The fourth-order valence-corrected chi connectivity index (χ4v) is 6.48. The van der Waals surface area contributed by atoms with Crippen molar-refractivity contribution < 1.29 is 32.7 Å². The van der Waals surface area contributed by atoms with Crippen LogP contribution in [-0.2, 0) is 26.2 Å². The van der Waals surface area contributed by atoms with Gasteiger partial charge in [-0.05, 0) is 54.9 Å². The smallest absolute Gasteiger partial charge is 0.416 e. The van der Waals surface area contributed by atoms with Crippen LogP contribution in [0, 0.1) is 18.8 Å². The van der Waals surface area contributed by atoms with Gasteiger partial charge in [0.15, 0.2) is 0 Å². The number of nitrogens with zero attached hydrogens (tertiary/aromatic N) is 6. The number of hydrogen-bond acceptors (Lipinski definition) is 8. The first-order valence-corrected chi connectivity index (χ1v) is 16.7. The van der Waals surface area contributed by atoms with Gasteiger partial charge in [-0.25, -0.2) is 19.7 Å². The third-order valence-electron chi connectivity index (χ3n) is 9.50. The summed E-state index contributed by atoms with van der Waals surface area (Å²) >= 11 is 0. The number of anilines is 2. The monoisotopic (exact) mass is 714 g/mol. The van der Waals surface area contributed by atoms with E-state index in [-0.39, 0.29) is 41.4 Å². The Kier molecular flexibility index (Phi) is 10.1. The third kappa shape index (κ3) is 7.48. The summed E-state index contributed by atoms with van der Waals surface area (Å²) in [5.41, 5.74) is 8.75. The van der Waals surface area contributed by atoms with Crippen molar-refractivity contribution in [1.82, 2.24) is 29.2 Å². The molecule has 0 saturated carbocycles. The number of rotatable bonds is 6. The van der Waals surface area contributed by atoms with E-state index in [0.29, 0.717) is 47.7 Å². The van der Waals surface area contributed by atoms with E-state index >= 15 is 0 Å². The van der Waals surface area contributed by atoms with Gasteiger partial charge in [0.1, 0.15) is 5.69 Å². The predicted octanol–water partition coefficient (Wildman–Crippen LogP) is 4.86. The number of imide groups is 1. The fraction of sp³-hybridized carbons (Fsp3) is 0.324. The zero-order valence-electron chi connectivity index (χ0n) is 28.8. The molecular formula is C37H37F3N8O4. The molecule has 4 heterocycles. The summed E-state index contributed by atoms with van der Waals surface area (Å²) in [5, 5.41) is 12.0. The molecule has 270 valence electrons. The van der Waals surface area contributed by atoms with E-state index in [1.807, 2.05) is 4.90 Å². The zero-order chi connectivity index (χ0) is 37.3. The van der Waals surface area contributed by atoms with Crippen LogP contribution in [0.3, 0.4) is 0 Å². The number of benzene rings is 2. The van der Waals surface area contributed by atoms with Crippen LogP contribution in [0.4, 0.5) is 29.6 Å². The van der Waals surface area contributed by atoms with Gasteiger partial charge >= 0.3 is 12.3 Å². The highest BCUT2D eigenvalue weighted by Crippen LogP contribution is 2.35. The minimum Gasteiger partial charge on any atom is -0.465 e. The Bertz CT molecular complexity index is 2130. The molecule has 3 amide bonds. The molecule has 12 nitrogen and oxygen atoms in total. The lowest BCUT2D eigenvalue weighted by molar-refractivity contribution is -0.138. The summed E-state index contributed by atoms with van der Waals surface area (Å²) in [4.78, 5) is 51.2. The number of alkyl halides is 3. The Labute approximate surface area is 298 Å². The highest BCUT2D eigenvalue weighted by atomic mass is 19.4. The summed E-state index contributed by atoms with van der Waals surface area (Å²) in [6, 6.07) is 10.2. The Morgan fingerprint density at radius 2 is 1.71 bits per heavy atom. The first kappa shape index (κ1) is 36.1. The number of carbonyl (C=O) groups is 3. The molecule has 2 aromatic carbocycles. The minimum atomic E-state index is -4.61. The minimum absolute atomic E-state index is 0.0176. The van der Waals surface area contributed by atoms with Gasteiger partial charge in [-0.1, -0.05) is 30.9 Å². The van der Waals surface area contributed by atoms with E-state index in [1.54, 1.807) is 42.8 Å². The summed E-state index contributed by atoms with van der Waals surface area (Å²) in [6.45, 7) is 7.90. The number of aryl methyl sites for hydroxylation is 1. The molecule has 6 rings (SSSR count). The number of nitrogen functional groups attached to an aromatic ring is 1. The predicted molar refractivity (Wildman–Crippen MR) is 188 cm³/mol. The molecule has 52 heavy (non-hydrogen) atoms. The molecule has 2 aliphatic rings. The van der Waals surface area contributed by atoms with Gasteiger partial charge in [0.2, 0.25) is 5.95 Å². The number of fused-ring (bicyclic) bond motifs is 1. The number of amides is 3. The number of likely N-dealkylation sites (N-methyl/N-ethyl adjacent to an activating group) is 1. The average molecular weight is 715 g/mol. The van der Waals surface area contributed by atoms with Crippen LogP contribution in [-0.4, -0.2) is 91.5 Å². The highest BCUT2D eigenvalue weighted by molar-refractivity contribution is 6.05. The molecule has 0 bridgehead atoms. The summed E-state index contributed by atoms with van der Waals surface area (Å²) in [7, 11) is 1.74. The van der Waals surface area contributed by atoms with Crippen LogP contribution in [0.25, 0.3) is 11.4 Å². The number of aromatic nitrogens is 3. The van der Waals surface area contributed by atoms with Crippen molar-refractivity contribution in [2.24, 2.45) is 7.05 Å². The normalized spacial score (nSPS) is 15.2. The van der Waals surface area contributed by atoms with E-state index in [1.165, 1.54) is 18.3 Å². The molecule has 2 aliphatic heterocycles. The number of nitrogens with one attached hydrogen (secondary N) is 1. The molecule has 4 aromatic rings. The second-order valence-electron chi connectivity index (χ2n) is 12.7. The van der Waals surface area contributed by atoms with Crippen molar-refractivity contribution in [3.63, 3.8) is 0 Å². The van der Waals surface area contributed by atoms with Crippen molar-refractivity contribution >= 4 is 29.5 Å².